The van der Waals surface area contributed by atoms with Crippen molar-refractivity contribution in [2.45, 2.75) is 44.4 Å². The predicted octanol–water partition coefficient (Wildman–Crippen LogP) is 4.44. The highest BCUT2D eigenvalue weighted by Gasteiger charge is 2.37. The van der Waals surface area contributed by atoms with Gasteiger partial charge in [-0.1, -0.05) is 18.6 Å². The number of carboxylic acids is 1. The summed E-state index contributed by atoms with van der Waals surface area (Å²) in [5, 5.41) is 9.67. The van der Waals surface area contributed by atoms with E-state index in [4.69, 9.17) is 0 Å². The van der Waals surface area contributed by atoms with E-state index in [1.165, 1.54) is 6.07 Å². The molecule has 0 bridgehead atoms. The first kappa shape index (κ1) is 19.4. The van der Waals surface area contributed by atoms with Gasteiger partial charge in [-0.25, -0.2) is 0 Å². The summed E-state index contributed by atoms with van der Waals surface area (Å²) in [6.07, 6.45) is 0.858. The molecular weight excluding hydrogens is 357 g/mol. The van der Waals surface area contributed by atoms with Crippen molar-refractivity contribution in [2.75, 3.05) is 6.54 Å². The molecule has 1 saturated heterocycles. The highest BCUT2D eigenvalue weighted by atomic mass is 19.4. The number of hydrogen-bond acceptors (Lipinski definition) is 3. The lowest BCUT2D eigenvalue weighted by atomic mass is 9.89. The monoisotopic (exact) mass is 378 g/mol. The highest BCUT2D eigenvalue weighted by Crippen LogP contribution is 2.38. The lowest BCUT2D eigenvalue weighted by Gasteiger charge is -2.40. The van der Waals surface area contributed by atoms with E-state index in [0.717, 1.165) is 36.1 Å². The zero-order valence-electron chi connectivity index (χ0n) is 14.9. The van der Waals surface area contributed by atoms with Gasteiger partial charge in [-0.2, -0.15) is 13.2 Å². The Balaban J connectivity index is 2.14. The molecule has 0 amide bonds. The van der Waals surface area contributed by atoms with Crippen molar-refractivity contribution in [1.29, 1.82) is 0 Å². The second-order valence-electron chi connectivity index (χ2n) is 6.85. The largest absolute Gasteiger partial charge is 0.480 e. The van der Waals surface area contributed by atoms with Gasteiger partial charge in [0.25, 0.3) is 0 Å². The number of carbonyl (C=O) groups is 1. The van der Waals surface area contributed by atoms with E-state index in [2.05, 4.69) is 4.98 Å². The Kier molecular flexibility index (Phi) is 5.51. The number of aryl methyl sites for hydroxylation is 1. The molecule has 0 saturated carbocycles. The number of aliphatic carboxylic acids is 1. The smallest absolute Gasteiger partial charge is 0.416 e. The lowest BCUT2D eigenvalue weighted by molar-refractivity contribution is -0.145. The minimum atomic E-state index is -4.46. The van der Waals surface area contributed by atoms with E-state index in [9.17, 15) is 23.1 Å². The van der Waals surface area contributed by atoms with Gasteiger partial charge in [-0.3, -0.25) is 14.7 Å². The summed E-state index contributed by atoms with van der Waals surface area (Å²) >= 11 is 0. The van der Waals surface area contributed by atoms with Crippen LogP contribution in [0.3, 0.4) is 0 Å². The van der Waals surface area contributed by atoms with Crippen LogP contribution in [0.5, 0.6) is 0 Å². The third-order valence-electron chi connectivity index (χ3n) is 5.05. The van der Waals surface area contributed by atoms with Crippen LogP contribution >= 0.6 is 0 Å². The van der Waals surface area contributed by atoms with Gasteiger partial charge in [0.2, 0.25) is 0 Å². The first-order chi connectivity index (χ1) is 12.8. The fourth-order valence-electron chi connectivity index (χ4n) is 3.75. The number of aromatic nitrogens is 1. The standard InChI is InChI=1S/C20H21F3N2O2/c1-13-12-24-9-8-16(13)18(25-10-3-2-7-17(25)19(26)27)14-5-4-6-15(11-14)20(21,22)23/h4-6,8-9,11-12,17-18H,2-3,7,10H2,1H3,(H,26,27). The molecule has 4 nitrogen and oxygen atoms in total. The maximum absolute atomic E-state index is 13.2. The zero-order chi connectivity index (χ0) is 19.6. The Morgan fingerprint density at radius 1 is 1.30 bits per heavy atom. The number of rotatable bonds is 4. The number of pyridine rings is 1. The fraction of sp³-hybridized carbons (Fsp3) is 0.400. The third kappa shape index (κ3) is 4.13. The number of carboxylic acid groups (broad SMARTS) is 1. The number of alkyl halides is 3. The average molecular weight is 378 g/mol. The predicted molar refractivity (Wildman–Crippen MR) is 94.2 cm³/mol. The van der Waals surface area contributed by atoms with Gasteiger partial charge in [0.15, 0.2) is 0 Å². The number of piperidine rings is 1. The molecule has 1 aromatic carbocycles. The molecule has 1 N–H and O–H groups in total. The van der Waals surface area contributed by atoms with Crippen LogP contribution in [0.4, 0.5) is 13.2 Å². The molecular formula is C20H21F3N2O2. The number of benzene rings is 1. The molecule has 27 heavy (non-hydrogen) atoms. The third-order valence-corrected chi connectivity index (χ3v) is 5.05. The van der Waals surface area contributed by atoms with Crippen LogP contribution in [0.1, 0.15) is 47.6 Å². The molecule has 2 atom stereocenters. The van der Waals surface area contributed by atoms with Crippen molar-refractivity contribution in [3.63, 3.8) is 0 Å². The van der Waals surface area contributed by atoms with Gasteiger partial charge >= 0.3 is 12.1 Å². The van der Waals surface area contributed by atoms with Gasteiger partial charge in [-0.15, -0.1) is 0 Å². The van der Waals surface area contributed by atoms with Crippen LogP contribution in [0.2, 0.25) is 0 Å². The number of likely N-dealkylation sites (tertiary alicyclic amines) is 1. The minimum absolute atomic E-state index is 0.437. The Morgan fingerprint density at radius 3 is 2.74 bits per heavy atom. The molecule has 0 aliphatic carbocycles. The molecule has 1 aliphatic heterocycles. The molecule has 0 radical (unpaired) electrons. The second-order valence-corrected chi connectivity index (χ2v) is 6.85. The summed E-state index contributed by atoms with van der Waals surface area (Å²) in [5.74, 6) is -0.946. The number of halogens is 3. The van der Waals surface area contributed by atoms with Crippen LogP contribution in [0, 0.1) is 6.92 Å². The molecule has 1 aliphatic rings. The number of nitrogens with zero attached hydrogens (tertiary/aromatic N) is 2. The number of hydrogen-bond donors (Lipinski definition) is 1. The Hall–Kier alpha value is -2.41. The highest BCUT2D eigenvalue weighted by molar-refractivity contribution is 5.73. The molecule has 1 aromatic heterocycles. The molecule has 2 heterocycles. The molecule has 1 fully saturated rings. The van der Waals surface area contributed by atoms with Gasteiger partial charge < -0.3 is 5.11 Å². The molecule has 0 spiro atoms. The van der Waals surface area contributed by atoms with Crippen molar-refractivity contribution < 1.29 is 23.1 Å². The van der Waals surface area contributed by atoms with Crippen LogP contribution in [0.15, 0.2) is 42.7 Å². The second kappa shape index (κ2) is 7.68. The fourth-order valence-corrected chi connectivity index (χ4v) is 3.75. The molecule has 3 rings (SSSR count). The van der Waals surface area contributed by atoms with Gasteiger partial charge in [0, 0.05) is 12.4 Å². The summed E-state index contributed by atoms with van der Waals surface area (Å²) in [6.45, 7) is 2.35. The van der Waals surface area contributed by atoms with E-state index >= 15 is 0 Å². The SMILES string of the molecule is Cc1cnccc1C(c1cccc(C(F)(F)F)c1)N1CCCCC1C(=O)O. The maximum Gasteiger partial charge on any atom is 0.416 e. The van der Waals surface area contributed by atoms with E-state index in [0.29, 0.717) is 18.5 Å². The molecule has 2 unspecified atom stereocenters. The van der Waals surface area contributed by atoms with E-state index < -0.39 is 29.8 Å². The topological polar surface area (TPSA) is 53.4 Å². The van der Waals surface area contributed by atoms with Crippen molar-refractivity contribution in [3.8, 4) is 0 Å². The van der Waals surface area contributed by atoms with Crippen molar-refractivity contribution in [1.82, 2.24) is 9.88 Å². The van der Waals surface area contributed by atoms with Crippen LogP contribution in [-0.4, -0.2) is 33.5 Å². The summed E-state index contributed by atoms with van der Waals surface area (Å²) in [6, 6.07) is 5.62. The van der Waals surface area contributed by atoms with Crippen LogP contribution in [-0.2, 0) is 11.0 Å². The summed E-state index contributed by atoms with van der Waals surface area (Å²) in [7, 11) is 0. The van der Waals surface area contributed by atoms with Crippen molar-refractivity contribution in [3.05, 3.63) is 65.0 Å². The Bertz CT molecular complexity index is 823. The van der Waals surface area contributed by atoms with Crippen LogP contribution in [0.25, 0.3) is 0 Å². The van der Waals surface area contributed by atoms with Gasteiger partial charge in [-0.05, 0) is 61.2 Å². The van der Waals surface area contributed by atoms with E-state index in [1.807, 2.05) is 11.8 Å². The van der Waals surface area contributed by atoms with E-state index in [1.54, 1.807) is 24.5 Å². The lowest BCUT2D eigenvalue weighted by Crippen LogP contribution is -2.47. The van der Waals surface area contributed by atoms with E-state index in [-0.39, 0.29) is 0 Å². The minimum Gasteiger partial charge on any atom is -0.480 e. The molecule has 7 heteroatoms. The Labute approximate surface area is 155 Å². The summed E-state index contributed by atoms with van der Waals surface area (Å²) < 4.78 is 39.7. The molecule has 144 valence electrons. The van der Waals surface area contributed by atoms with Gasteiger partial charge in [0.05, 0.1) is 11.6 Å². The Morgan fingerprint density at radius 2 is 2.07 bits per heavy atom. The maximum atomic E-state index is 13.2. The van der Waals surface area contributed by atoms with Crippen molar-refractivity contribution in [2.24, 2.45) is 0 Å². The normalized spacial score (nSPS) is 19.6. The first-order valence-corrected chi connectivity index (χ1v) is 8.85. The summed E-state index contributed by atoms with van der Waals surface area (Å²) in [4.78, 5) is 17.7. The van der Waals surface area contributed by atoms with Crippen molar-refractivity contribution >= 4 is 5.97 Å². The zero-order valence-corrected chi connectivity index (χ0v) is 14.9. The average Bonchev–Trinajstić information content (AvgIpc) is 2.63. The molecule has 2 aromatic rings. The van der Waals surface area contributed by atoms with Gasteiger partial charge in [0.1, 0.15) is 6.04 Å². The summed E-state index contributed by atoms with van der Waals surface area (Å²) in [5.41, 5.74) is 1.29. The first-order valence-electron chi connectivity index (χ1n) is 8.85. The quantitative estimate of drug-likeness (QED) is 0.855. The van der Waals surface area contributed by atoms with Crippen LogP contribution < -0.4 is 0 Å².